The molecule has 116 valence electrons. The molecule has 1 saturated heterocycles. The lowest BCUT2D eigenvalue weighted by Gasteiger charge is -2.23. The van der Waals surface area contributed by atoms with Crippen LogP contribution < -0.4 is 4.90 Å². The monoisotopic (exact) mass is 293 g/mol. The van der Waals surface area contributed by atoms with E-state index >= 15 is 0 Å². The highest BCUT2D eigenvalue weighted by atomic mass is 16.6. The molecule has 3 unspecified atom stereocenters. The number of rotatable bonds is 4. The van der Waals surface area contributed by atoms with E-state index in [4.69, 9.17) is 0 Å². The third-order valence-electron chi connectivity index (χ3n) is 4.26. The number of likely N-dealkylation sites (N-methyl/N-ethyl adjacent to an activating group) is 1. The minimum absolute atomic E-state index is 0.0695. The molecule has 0 aliphatic carbocycles. The Hall–Kier alpha value is -1.66. The molecule has 0 saturated carbocycles. The molecule has 1 aromatic carbocycles. The van der Waals surface area contributed by atoms with Gasteiger partial charge in [-0.15, -0.1) is 0 Å². The molecule has 1 N–H and O–H groups in total. The molecule has 1 aliphatic rings. The Morgan fingerprint density at radius 2 is 2.10 bits per heavy atom. The van der Waals surface area contributed by atoms with Crippen molar-refractivity contribution in [3.8, 4) is 0 Å². The summed E-state index contributed by atoms with van der Waals surface area (Å²) in [5.74, 6) is 0.455. The van der Waals surface area contributed by atoms with E-state index in [0.717, 1.165) is 13.1 Å². The fourth-order valence-corrected chi connectivity index (χ4v) is 3.03. The van der Waals surface area contributed by atoms with Gasteiger partial charge in [-0.1, -0.05) is 13.0 Å². The van der Waals surface area contributed by atoms with E-state index in [1.807, 2.05) is 14.1 Å². The Balaban J connectivity index is 2.34. The molecule has 2 rings (SSSR count). The lowest BCUT2D eigenvalue weighted by molar-refractivity contribution is -0.384. The Morgan fingerprint density at radius 1 is 1.43 bits per heavy atom. The number of nitro groups is 1. The molecular weight excluding hydrogens is 270 g/mol. The van der Waals surface area contributed by atoms with Crippen molar-refractivity contribution in [1.82, 2.24) is 4.90 Å². The van der Waals surface area contributed by atoms with Crippen LogP contribution in [0.1, 0.15) is 25.5 Å². The van der Waals surface area contributed by atoms with Crippen LogP contribution in [0.25, 0.3) is 0 Å². The maximum Gasteiger partial charge on any atom is 0.292 e. The first-order chi connectivity index (χ1) is 9.81. The summed E-state index contributed by atoms with van der Waals surface area (Å²) in [6.45, 7) is 5.36. The standard InChI is InChI=1S/C15H23N3O3/c1-10-8-17(9-15(10)16(3)4)13-6-5-12(11(2)19)7-14(13)18(20)21/h5-7,10-11,15,19H,8-9H2,1-4H3. The molecule has 0 aromatic heterocycles. The first-order valence-electron chi connectivity index (χ1n) is 7.19. The van der Waals surface area contributed by atoms with Crippen molar-refractivity contribution < 1.29 is 10.0 Å². The lowest BCUT2D eigenvalue weighted by Crippen LogP contribution is -2.34. The molecule has 0 spiro atoms. The molecule has 6 heteroatoms. The summed E-state index contributed by atoms with van der Waals surface area (Å²) in [5, 5.41) is 20.9. The lowest BCUT2D eigenvalue weighted by atomic mass is 10.1. The third-order valence-corrected chi connectivity index (χ3v) is 4.26. The van der Waals surface area contributed by atoms with Crippen molar-refractivity contribution in [2.45, 2.75) is 26.0 Å². The van der Waals surface area contributed by atoms with Gasteiger partial charge in [0.15, 0.2) is 0 Å². The third kappa shape index (κ3) is 3.16. The molecule has 0 amide bonds. The first kappa shape index (κ1) is 15.7. The first-order valence-corrected chi connectivity index (χ1v) is 7.19. The molecule has 21 heavy (non-hydrogen) atoms. The summed E-state index contributed by atoms with van der Waals surface area (Å²) in [7, 11) is 4.07. The van der Waals surface area contributed by atoms with Crippen LogP contribution in [0.2, 0.25) is 0 Å². The second kappa shape index (κ2) is 5.99. The van der Waals surface area contributed by atoms with Crippen LogP contribution in [-0.2, 0) is 0 Å². The molecule has 1 aliphatic heterocycles. The Bertz CT molecular complexity index is 531. The summed E-state index contributed by atoms with van der Waals surface area (Å²) in [6.07, 6.45) is -0.704. The van der Waals surface area contributed by atoms with Gasteiger partial charge < -0.3 is 14.9 Å². The highest BCUT2D eigenvalue weighted by Crippen LogP contribution is 2.35. The maximum atomic E-state index is 11.3. The normalized spacial score (nSPS) is 23.6. The van der Waals surface area contributed by atoms with Gasteiger partial charge in [0.25, 0.3) is 5.69 Å². The van der Waals surface area contributed by atoms with Gasteiger partial charge in [0.1, 0.15) is 5.69 Å². The number of hydrogen-bond donors (Lipinski definition) is 1. The number of aliphatic hydroxyl groups excluding tert-OH is 1. The van der Waals surface area contributed by atoms with Gasteiger partial charge in [-0.05, 0) is 38.6 Å². The number of nitro benzene ring substituents is 1. The summed E-state index contributed by atoms with van der Waals surface area (Å²) in [6, 6.07) is 5.39. The molecule has 3 atom stereocenters. The van der Waals surface area contributed by atoms with Gasteiger partial charge in [-0.2, -0.15) is 0 Å². The Labute approximate surface area is 125 Å². The van der Waals surface area contributed by atoms with E-state index < -0.39 is 6.10 Å². The summed E-state index contributed by atoms with van der Waals surface area (Å²) < 4.78 is 0. The molecule has 1 aromatic rings. The molecular formula is C15H23N3O3. The molecule has 6 nitrogen and oxygen atoms in total. The number of nitrogens with zero attached hydrogens (tertiary/aromatic N) is 3. The fraction of sp³-hybridized carbons (Fsp3) is 0.600. The van der Waals surface area contributed by atoms with E-state index in [9.17, 15) is 15.2 Å². The van der Waals surface area contributed by atoms with E-state index in [-0.39, 0.29) is 10.6 Å². The molecule has 1 fully saturated rings. The van der Waals surface area contributed by atoms with Gasteiger partial charge in [0.05, 0.1) is 11.0 Å². The molecule has 0 radical (unpaired) electrons. The van der Waals surface area contributed by atoms with Gasteiger partial charge >= 0.3 is 0 Å². The zero-order valence-electron chi connectivity index (χ0n) is 13.0. The minimum Gasteiger partial charge on any atom is -0.389 e. The van der Waals surface area contributed by atoms with Crippen molar-refractivity contribution in [2.24, 2.45) is 5.92 Å². The summed E-state index contributed by atoms with van der Waals surface area (Å²) >= 11 is 0. The van der Waals surface area contributed by atoms with Crippen molar-refractivity contribution in [2.75, 3.05) is 32.1 Å². The van der Waals surface area contributed by atoms with E-state index in [2.05, 4.69) is 16.7 Å². The van der Waals surface area contributed by atoms with Gasteiger partial charge in [0.2, 0.25) is 0 Å². The fourth-order valence-electron chi connectivity index (χ4n) is 3.03. The van der Waals surface area contributed by atoms with E-state index in [1.165, 1.54) is 6.07 Å². The second-order valence-corrected chi connectivity index (χ2v) is 6.09. The largest absolute Gasteiger partial charge is 0.389 e. The predicted octanol–water partition coefficient (Wildman–Crippen LogP) is 2.03. The van der Waals surface area contributed by atoms with Crippen LogP contribution in [0.4, 0.5) is 11.4 Å². The Kier molecular flexibility index (Phi) is 4.49. The SMILES string of the molecule is CC(O)c1ccc(N2CC(C)C(N(C)C)C2)c([N+](=O)[O-])c1. The van der Waals surface area contributed by atoms with Crippen LogP contribution >= 0.6 is 0 Å². The number of anilines is 1. The average Bonchev–Trinajstić information content (AvgIpc) is 2.80. The average molecular weight is 293 g/mol. The highest BCUT2D eigenvalue weighted by molar-refractivity contribution is 5.65. The van der Waals surface area contributed by atoms with E-state index in [1.54, 1.807) is 19.1 Å². The highest BCUT2D eigenvalue weighted by Gasteiger charge is 2.34. The quantitative estimate of drug-likeness (QED) is 0.679. The van der Waals surface area contributed by atoms with Crippen molar-refractivity contribution in [1.29, 1.82) is 0 Å². The van der Waals surface area contributed by atoms with Crippen molar-refractivity contribution >= 4 is 11.4 Å². The van der Waals surface area contributed by atoms with Gasteiger partial charge in [0, 0.05) is 25.2 Å². The van der Waals surface area contributed by atoms with Crippen LogP contribution in [0.5, 0.6) is 0 Å². The zero-order valence-corrected chi connectivity index (χ0v) is 13.0. The Morgan fingerprint density at radius 3 is 2.57 bits per heavy atom. The molecule has 1 heterocycles. The number of benzene rings is 1. The molecule has 0 bridgehead atoms. The van der Waals surface area contributed by atoms with Crippen LogP contribution in [0, 0.1) is 16.0 Å². The van der Waals surface area contributed by atoms with Crippen LogP contribution in [0.15, 0.2) is 18.2 Å². The van der Waals surface area contributed by atoms with Gasteiger partial charge in [-0.3, -0.25) is 10.1 Å². The minimum atomic E-state index is -0.704. The van der Waals surface area contributed by atoms with Crippen molar-refractivity contribution in [3.05, 3.63) is 33.9 Å². The number of hydrogen-bond acceptors (Lipinski definition) is 5. The summed E-state index contributed by atoms with van der Waals surface area (Å²) in [5.41, 5.74) is 1.28. The number of aliphatic hydroxyl groups is 1. The van der Waals surface area contributed by atoms with Crippen molar-refractivity contribution in [3.63, 3.8) is 0 Å². The van der Waals surface area contributed by atoms with E-state index in [0.29, 0.717) is 23.2 Å². The second-order valence-electron chi connectivity index (χ2n) is 6.09. The zero-order chi connectivity index (χ0) is 15.7. The summed E-state index contributed by atoms with van der Waals surface area (Å²) in [4.78, 5) is 15.2. The topological polar surface area (TPSA) is 69.8 Å². The van der Waals surface area contributed by atoms with Crippen LogP contribution in [0.3, 0.4) is 0 Å². The van der Waals surface area contributed by atoms with Crippen LogP contribution in [-0.4, -0.2) is 48.2 Å². The maximum absolute atomic E-state index is 11.3. The van der Waals surface area contributed by atoms with Gasteiger partial charge in [-0.25, -0.2) is 0 Å². The smallest absolute Gasteiger partial charge is 0.292 e. The predicted molar refractivity (Wildman–Crippen MR) is 82.6 cm³/mol.